The molecule has 5 nitrogen and oxygen atoms in total. The first-order valence-corrected chi connectivity index (χ1v) is 7.08. The molecule has 1 fully saturated rings. The van der Waals surface area contributed by atoms with Gasteiger partial charge in [0, 0.05) is 24.2 Å². The van der Waals surface area contributed by atoms with Crippen LogP contribution in [0.1, 0.15) is 22.4 Å². The molecule has 2 rings (SSSR count). The molecule has 1 aromatic rings. The minimum atomic E-state index is -1.04. The average molecular weight is 318 g/mol. The first-order chi connectivity index (χ1) is 8.09. The van der Waals surface area contributed by atoms with Crippen LogP contribution in [0.25, 0.3) is 0 Å². The van der Waals surface area contributed by atoms with Crippen LogP contribution in [-0.2, 0) is 0 Å². The highest BCUT2D eigenvalue weighted by Gasteiger charge is 2.25. The lowest BCUT2D eigenvalue weighted by atomic mass is 10.2. The molecule has 7 heteroatoms. The summed E-state index contributed by atoms with van der Waals surface area (Å²) in [6.07, 6.45) is 1.51. The Balaban J connectivity index is 2.32. The Morgan fingerprint density at radius 2 is 2.47 bits per heavy atom. The number of aromatic nitrogens is 2. The van der Waals surface area contributed by atoms with Crippen molar-refractivity contribution in [1.82, 2.24) is 14.9 Å². The topological polar surface area (TPSA) is 66.3 Å². The molecule has 0 bridgehead atoms. The average Bonchev–Trinajstić information content (AvgIpc) is 2.30. The molecule has 0 radical (unpaired) electrons. The van der Waals surface area contributed by atoms with Gasteiger partial charge in [0.05, 0.1) is 10.5 Å². The van der Waals surface area contributed by atoms with Crippen molar-refractivity contribution in [3.05, 3.63) is 22.2 Å². The zero-order valence-corrected chi connectivity index (χ0v) is 11.7. The number of thioether (sulfide) groups is 1. The lowest BCUT2D eigenvalue weighted by molar-refractivity contribution is 0.0688. The van der Waals surface area contributed by atoms with Crippen LogP contribution in [0.2, 0.25) is 0 Å². The summed E-state index contributed by atoms with van der Waals surface area (Å²) in [5.74, 6) is 1.54. The van der Waals surface area contributed by atoms with E-state index in [1.54, 1.807) is 0 Å². The van der Waals surface area contributed by atoms with Crippen LogP contribution in [0.5, 0.6) is 0 Å². The molecule has 1 saturated heterocycles. The van der Waals surface area contributed by atoms with E-state index in [9.17, 15) is 4.79 Å². The maximum absolute atomic E-state index is 11.0. The Morgan fingerprint density at radius 1 is 1.71 bits per heavy atom. The van der Waals surface area contributed by atoms with E-state index in [1.165, 1.54) is 6.20 Å². The molecule has 0 amide bonds. The number of carboxylic acid groups (broad SMARTS) is 1. The van der Waals surface area contributed by atoms with Gasteiger partial charge in [-0.3, -0.25) is 4.90 Å². The van der Waals surface area contributed by atoms with Crippen LogP contribution >= 0.6 is 27.7 Å². The Kier molecular flexibility index (Phi) is 4.01. The summed E-state index contributed by atoms with van der Waals surface area (Å²) < 4.78 is 0.417. The van der Waals surface area contributed by atoms with Gasteiger partial charge in [0.1, 0.15) is 5.82 Å². The summed E-state index contributed by atoms with van der Waals surface area (Å²) in [6.45, 7) is 0.969. The van der Waals surface area contributed by atoms with E-state index in [1.807, 2.05) is 18.8 Å². The normalized spacial score (nSPS) is 21.4. The fraction of sp³-hybridized carbons (Fsp3) is 0.500. The van der Waals surface area contributed by atoms with Crippen LogP contribution < -0.4 is 0 Å². The van der Waals surface area contributed by atoms with Gasteiger partial charge in [-0.05, 0) is 23.0 Å². The summed E-state index contributed by atoms with van der Waals surface area (Å²) in [5, 5.41) is 9.02. The predicted octanol–water partition coefficient (Wildman–Crippen LogP) is 1.66. The fourth-order valence-corrected chi connectivity index (χ4v) is 3.22. The number of carboxylic acids is 1. The van der Waals surface area contributed by atoms with E-state index in [-0.39, 0.29) is 11.7 Å². The molecule has 1 aromatic heterocycles. The number of hydrogen-bond donors (Lipinski definition) is 1. The van der Waals surface area contributed by atoms with Crippen molar-refractivity contribution in [3.8, 4) is 0 Å². The molecule has 92 valence electrons. The van der Waals surface area contributed by atoms with Crippen molar-refractivity contribution in [2.75, 3.05) is 25.1 Å². The van der Waals surface area contributed by atoms with Crippen molar-refractivity contribution in [2.45, 2.75) is 6.04 Å². The highest BCUT2D eigenvalue weighted by atomic mass is 79.9. The number of aromatic carboxylic acids is 1. The van der Waals surface area contributed by atoms with Gasteiger partial charge >= 0.3 is 5.97 Å². The Bertz CT molecular complexity index is 444. The van der Waals surface area contributed by atoms with Crippen molar-refractivity contribution in [2.24, 2.45) is 0 Å². The van der Waals surface area contributed by atoms with Gasteiger partial charge in [0.2, 0.25) is 0 Å². The quantitative estimate of drug-likeness (QED) is 0.894. The lowest BCUT2D eigenvalue weighted by Gasteiger charge is -2.30. The third kappa shape index (κ3) is 2.78. The molecular formula is C10H12BrN3O2S. The molecule has 0 aromatic carbocycles. The highest BCUT2D eigenvalue weighted by Crippen LogP contribution is 2.26. The zero-order chi connectivity index (χ0) is 12.4. The Hall–Kier alpha value is -0.660. The van der Waals surface area contributed by atoms with E-state index in [4.69, 9.17) is 5.11 Å². The largest absolute Gasteiger partial charge is 0.476 e. The smallest absolute Gasteiger partial charge is 0.355 e. The number of carbonyl (C=O) groups is 1. The molecule has 0 spiro atoms. The molecular weight excluding hydrogens is 306 g/mol. The summed E-state index contributed by atoms with van der Waals surface area (Å²) in [4.78, 5) is 21.5. The molecule has 1 atom stereocenters. The predicted molar refractivity (Wildman–Crippen MR) is 69.4 cm³/mol. The van der Waals surface area contributed by atoms with Crippen LogP contribution in [0.15, 0.2) is 10.7 Å². The lowest BCUT2D eigenvalue weighted by Crippen LogP contribution is -2.34. The van der Waals surface area contributed by atoms with Crippen molar-refractivity contribution >= 4 is 33.7 Å². The van der Waals surface area contributed by atoms with Crippen molar-refractivity contribution in [1.29, 1.82) is 0 Å². The summed E-state index contributed by atoms with van der Waals surface area (Å²) >= 11 is 4.98. The van der Waals surface area contributed by atoms with Crippen molar-refractivity contribution in [3.63, 3.8) is 0 Å². The molecule has 1 unspecified atom stereocenters. The van der Waals surface area contributed by atoms with E-state index < -0.39 is 5.97 Å². The third-order valence-corrected chi connectivity index (χ3v) is 4.26. The SMILES string of the molecule is CN1CCSCC1c1ncc(Br)c(C(=O)O)n1. The Morgan fingerprint density at radius 3 is 3.12 bits per heavy atom. The van der Waals surface area contributed by atoms with Crippen LogP contribution in [-0.4, -0.2) is 51.0 Å². The maximum atomic E-state index is 11.0. The standard InChI is InChI=1S/C10H12BrN3O2S/c1-14-2-3-17-5-7(14)9-12-4-6(11)8(13-9)10(15)16/h4,7H,2-3,5H2,1H3,(H,15,16). The minimum absolute atomic E-state index is 0.0268. The number of nitrogens with zero attached hydrogens (tertiary/aromatic N) is 3. The molecule has 0 saturated carbocycles. The van der Waals surface area contributed by atoms with Gasteiger partial charge in [-0.25, -0.2) is 14.8 Å². The Labute approximate surface area is 112 Å². The fourth-order valence-electron chi connectivity index (χ4n) is 1.65. The number of halogens is 1. The highest BCUT2D eigenvalue weighted by molar-refractivity contribution is 9.10. The van der Waals surface area contributed by atoms with Gasteiger partial charge in [-0.2, -0.15) is 11.8 Å². The van der Waals surface area contributed by atoms with Gasteiger partial charge in [-0.1, -0.05) is 0 Å². The zero-order valence-electron chi connectivity index (χ0n) is 9.26. The second-order valence-corrected chi connectivity index (χ2v) is 5.81. The summed E-state index contributed by atoms with van der Waals surface area (Å²) in [6, 6.07) is 0.0972. The second kappa shape index (κ2) is 5.32. The number of hydrogen-bond acceptors (Lipinski definition) is 5. The first kappa shape index (κ1) is 12.8. The summed E-state index contributed by atoms with van der Waals surface area (Å²) in [5.41, 5.74) is 0.0268. The monoisotopic (exact) mass is 317 g/mol. The van der Waals surface area contributed by atoms with Crippen molar-refractivity contribution < 1.29 is 9.90 Å². The molecule has 1 N–H and O–H groups in total. The van der Waals surface area contributed by atoms with Gasteiger partial charge < -0.3 is 5.11 Å². The van der Waals surface area contributed by atoms with Crippen LogP contribution in [0.3, 0.4) is 0 Å². The molecule has 0 aliphatic carbocycles. The summed E-state index contributed by atoms with van der Waals surface area (Å²) in [7, 11) is 2.01. The van der Waals surface area contributed by atoms with Gasteiger partial charge in [0.25, 0.3) is 0 Å². The molecule has 2 heterocycles. The first-order valence-electron chi connectivity index (χ1n) is 5.13. The van der Waals surface area contributed by atoms with E-state index in [2.05, 4.69) is 30.8 Å². The van der Waals surface area contributed by atoms with Gasteiger partial charge in [-0.15, -0.1) is 0 Å². The maximum Gasteiger partial charge on any atom is 0.355 e. The van der Waals surface area contributed by atoms with Crippen LogP contribution in [0.4, 0.5) is 0 Å². The minimum Gasteiger partial charge on any atom is -0.476 e. The third-order valence-electron chi connectivity index (χ3n) is 2.66. The molecule has 17 heavy (non-hydrogen) atoms. The van der Waals surface area contributed by atoms with E-state index in [0.717, 1.165) is 18.1 Å². The van der Waals surface area contributed by atoms with Gasteiger partial charge in [0.15, 0.2) is 5.69 Å². The molecule has 1 aliphatic heterocycles. The van der Waals surface area contributed by atoms with Crippen LogP contribution in [0, 0.1) is 0 Å². The van der Waals surface area contributed by atoms with E-state index in [0.29, 0.717) is 10.3 Å². The molecule has 1 aliphatic rings. The number of rotatable bonds is 2. The second-order valence-electron chi connectivity index (χ2n) is 3.80. The van der Waals surface area contributed by atoms with E-state index >= 15 is 0 Å².